The minimum Gasteiger partial charge on any atom is -0.140 e. The Morgan fingerprint density at radius 3 is 1.38 bits per heavy atom. The third kappa shape index (κ3) is 2.13. The fourth-order valence-electron chi connectivity index (χ4n) is 6.50. The monoisotopic (exact) mass is 450 g/mol. The van der Waals surface area contributed by atoms with E-state index in [1.165, 1.54) is 74.4 Å². The van der Waals surface area contributed by atoms with Gasteiger partial charge in [-0.25, -0.2) is 0 Å². The Balaban J connectivity index is 1.56. The van der Waals surface area contributed by atoms with Gasteiger partial charge in [-0.05, 0) is 93.0 Å². The molecule has 0 spiro atoms. The fraction of sp³-hybridized carbons (Fsp3) is 0.267. The van der Waals surface area contributed by atoms with E-state index in [2.05, 4.69) is 90.1 Å². The minimum absolute atomic E-state index is 0.0420. The lowest BCUT2D eigenvalue weighted by atomic mass is 9.78. The van der Waals surface area contributed by atoms with Gasteiger partial charge in [-0.3, -0.25) is 0 Å². The standard InChI is InChI=1S/C30H26S2/c1-15-11-23-27(31-15)19-9-7-17-14-22-18(13-21(17)25(19)29(23,3)4)8-10-20-26(22)30(5,6)24-12-16(2)32-28(20)24/h7-14H,1-6H3. The molecule has 5 aromatic rings. The molecule has 0 saturated heterocycles. The van der Waals surface area contributed by atoms with Crippen molar-refractivity contribution in [3.63, 3.8) is 0 Å². The average Bonchev–Trinajstić information content (AvgIpc) is 3.42. The number of aryl methyl sites for hydroxylation is 2. The largest absolute Gasteiger partial charge is 0.140 e. The summed E-state index contributed by atoms with van der Waals surface area (Å²) < 4.78 is 0. The van der Waals surface area contributed by atoms with E-state index in [0.717, 1.165) is 0 Å². The van der Waals surface area contributed by atoms with E-state index in [4.69, 9.17) is 0 Å². The van der Waals surface area contributed by atoms with Crippen molar-refractivity contribution < 1.29 is 0 Å². The maximum absolute atomic E-state index is 2.47. The third-order valence-corrected chi connectivity index (χ3v) is 10.1. The third-order valence-electron chi connectivity index (χ3n) is 7.95. The van der Waals surface area contributed by atoms with E-state index in [0.29, 0.717) is 0 Å². The molecule has 0 atom stereocenters. The van der Waals surface area contributed by atoms with Crippen molar-refractivity contribution in [2.24, 2.45) is 0 Å². The van der Waals surface area contributed by atoms with Gasteiger partial charge in [-0.2, -0.15) is 0 Å². The van der Waals surface area contributed by atoms with Crippen LogP contribution in [0.5, 0.6) is 0 Å². The van der Waals surface area contributed by atoms with Gasteiger partial charge >= 0.3 is 0 Å². The molecule has 0 fully saturated rings. The Kier molecular flexibility index (Phi) is 3.42. The molecule has 0 saturated carbocycles. The predicted octanol–water partition coefficient (Wildman–Crippen LogP) is 9.35. The topological polar surface area (TPSA) is 0 Å². The summed E-state index contributed by atoms with van der Waals surface area (Å²) in [6, 6.07) is 19.2. The van der Waals surface area contributed by atoms with Crippen LogP contribution in [0.2, 0.25) is 0 Å². The van der Waals surface area contributed by atoms with Gasteiger partial charge in [0.15, 0.2) is 0 Å². The lowest BCUT2D eigenvalue weighted by Gasteiger charge is -2.25. The smallest absolute Gasteiger partial charge is 0.0389 e. The molecule has 0 N–H and O–H groups in total. The van der Waals surface area contributed by atoms with Gasteiger partial charge in [0.1, 0.15) is 0 Å². The first-order valence-electron chi connectivity index (χ1n) is 11.4. The zero-order valence-electron chi connectivity index (χ0n) is 19.4. The quantitative estimate of drug-likeness (QED) is 0.206. The molecule has 0 radical (unpaired) electrons. The lowest BCUT2D eigenvalue weighted by molar-refractivity contribution is 0.666. The molecule has 32 heavy (non-hydrogen) atoms. The highest BCUT2D eigenvalue weighted by molar-refractivity contribution is 7.16. The maximum atomic E-state index is 2.47. The summed E-state index contributed by atoms with van der Waals surface area (Å²) in [7, 11) is 0. The van der Waals surface area contributed by atoms with E-state index in [1.807, 2.05) is 22.7 Å². The normalized spacial score (nSPS) is 16.9. The van der Waals surface area contributed by atoms with Crippen molar-refractivity contribution in [1.29, 1.82) is 0 Å². The highest BCUT2D eigenvalue weighted by Crippen LogP contribution is 2.57. The molecule has 2 heteroatoms. The molecular formula is C30H26S2. The van der Waals surface area contributed by atoms with E-state index in [-0.39, 0.29) is 10.8 Å². The average molecular weight is 451 g/mol. The van der Waals surface area contributed by atoms with Crippen LogP contribution in [-0.2, 0) is 10.8 Å². The van der Waals surface area contributed by atoms with Gasteiger partial charge in [0.25, 0.3) is 0 Å². The highest BCUT2D eigenvalue weighted by atomic mass is 32.1. The van der Waals surface area contributed by atoms with E-state index in [9.17, 15) is 0 Å². The van der Waals surface area contributed by atoms with Crippen LogP contribution < -0.4 is 0 Å². The molecule has 3 aromatic carbocycles. The summed E-state index contributed by atoms with van der Waals surface area (Å²) in [4.78, 5) is 5.76. The van der Waals surface area contributed by atoms with Crippen molar-refractivity contribution in [1.82, 2.24) is 0 Å². The zero-order chi connectivity index (χ0) is 22.2. The first-order valence-corrected chi connectivity index (χ1v) is 13.1. The summed E-state index contributed by atoms with van der Waals surface area (Å²) in [5.41, 5.74) is 8.97. The summed E-state index contributed by atoms with van der Waals surface area (Å²) in [6.07, 6.45) is 0. The summed E-state index contributed by atoms with van der Waals surface area (Å²) in [5.74, 6) is 0. The number of hydrogen-bond donors (Lipinski definition) is 0. The van der Waals surface area contributed by atoms with Crippen LogP contribution in [0.1, 0.15) is 59.7 Å². The number of fused-ring (bicyclic) bond motifs is 10. The number of benzene rings is 3. The second-order valence-electron chi connectivity index (χ2n) is 10.7. The Morgan fingerprint density at radius 1 is 0.562 bits per heavy atom. The number of thiophene rings is 2. The Labute approximate surface area is 197 Å². The Hall–Kier alpha value is -2.42. The number of hydrogen-bond acceptors (Lipinski definition) is 2. The Morgan fingerprint density at radius 2 is 0.969 bits per heavy atom. The summed E-state index contributed by atoms with van der Waals surface area (Å²) in [5, 5.41) is 5.57. The molecule has 0 bridgehead atoms. The first kappa shape index (κ1) is 19.1. The van der Waals surface area contributed by atoms with Crippen molar-refractivity contribution >= 4 is 44.2 Å². The molecule has 2 heterocycles. The molecule has 0 nitrogen and oxygen atoms in total. The Bertz CT molecular complexity index is 1510. The van der Waals surface area contributed by atoms with Gasteiger partial charge in [-0.15, -0.1) is 22.7 Å². The van der Waals surface area contributed by atoms with Crippen LogP contribution in [0.3, 0.4) is 0 Å². The van der Waals surface area contributed by atoms with Crippen LogP contribution in [0.4, 0.5) is 0 Å². The minimum atomic E-state index is 0.0420. The fourth-order valence-corrected chi connectivity index (χ4v) is 8.90. The van der Waals surface area contributed by atoms with E-state index < -0.39 is 0 Å². The first-order chi connectivity index (χ1) is 15.2. The molecule has 2 aliphatic carbocycles. The van der Waals surface area contributed by atoms with Gasteiger partial charge in [0, 0.05) is 30.3 Å². The molecule has 0 aliphatic heterocycles. The van der Waals surface area contributed by atoms with Crippen LogP contribution in [0, 0.1) is 13.8 Å². The van der Waals surface area contributed by atoms with Gasteiger partial charge in [0.2, 0.25) is 0 Å². The van der Waals surface area contributed by atoms with Crippen molar-refractivity contribution in [2.75, 3.05) is 0 Å². The van der Waals surface area contributed by atoms with Crippen molar-refractivity contribution in [3.05, 3.63) is 80.5 Å². The lowest BCUT2D eigenvalue weighted by Crippen LogP contribution is -2.16. The second kappa shape index (κ2) is 5.73. The summed E-state index contributed by atoms with van der Waals surface area (Å²) in [6.45, 7) is 14.1. The van der Waals surface area contributed by atoms with Crippen LogP contribution >= 0.6 is 22.7 Å². The van der Waals surface area contributed by atoms with Gasteiger partial charge < -0.3 is 0 Å². The molecule has 0 unspecified atom stereocenters. The summed E-state index contributed by atoms with van der Waals surface area (Å²) >= 11 is 3.89. The zero-order valence-corrected chi connectivity index (χ0v) is 21.1. The van der Waals surface area contributed by atoms with Gasteiger partial charge in [-0.1, -0.05) is 52.0 Å². The van der Waals surface area contributed by atoms with Crippen molar-refractivity contribution in [2.45, 2.75) is 52.4 Å². The molecule has 2 aliphatic rings. The van der Waals surface area contributed by atoms with Gasteiger partial charge in [0.05, 0.1) is 0 Å². The predicted molar refractivity (Wildman–Crippen MR) is 142 cm³/mol. The van der Waals surface area contributed by atoms with Crippen molar-refractivity contribution in [3.8, 4) is 20.9 Å². The second-order valence-corrected chi connectivity index (χ2v) is 13.2. The molecule has 2 aromatic heterocycles. The molecule has 158 valence electrons. The van der Waals surface area contributed by atoms with E-state index in [1.54, 1.807) is 0 Å². The number of rotatable bonds is 0. The van der Waals surface area contributed by atoms with Crippen LogP contribution in [-0.4, -0.2) is 0 Å². The molecular weight excluding hydrogens is 424 g/mol. The highest BCUT2D eigenvalue weighted by Gasteiger charge is 2.40. The molecule has 7 rings (SSSR count). The molecule has 0 amide bonds. The SMILES string of the molecule is Cc1cc2c(s1)-c1ccc3cc4c5c(ccc4cc3c1C2(C)C)-c1sc(C)cc1C5(C)C. The van der Waals surface area contributed by atoms with E-state index >= 15 is 0 Å². The maximum Gasteiger partial charge on any atom is 0.0389 e. The van der Waals surface area contributed by atoms with Crippen LogP contribution in [0.15, 0.2) is 48.5 Å². The van der Waals surface area contributed by atoms with Crippen LogP contribution in [0.25, 0.3) is 42.4 Å².